The molecule has 0 radical (unpaired) electrons. The molecule has 19 heavy (non-hydrogen) atoms. The molecule has 5 heteroatoms. The van der Waals surface area contributed by atoms with Crippen LogP contribution in [0.5, 0.6) is 0 Å². The number of thioether (sulfide) groups is 1. The lowest BCUT2D eigenvalue weighted by molar-refractivity contribution is -0.119. The van der Waals surface area contributed by atoms with E-state index < -0.39 is 0 Å². The van der Waals surface area contributed by atoms with Crippen molar-refractivity contribution in [1.29, 1.82) is 0 Å². The first-order valence-electron chi connectivity index (χ1n) is 6.44. The maximum atomic E-state index is 11.6. The molecule has 1 atom stereocenters. The van der Waals surface area contributed by atoms with Gasteiger partial charge in [-0.25, -0.2) is 0 Å². The van der Waals surface area contributed by atoms with E-state index >= 15 is 0 Å². The number of carbonyl (C=O) groups is 1. The molecular weight excluding hydrogens is 326 g/mol. The van der Waals surface area contributed by atoms with Crippen molar-refractivity contribution in [3.05, 3.63) is 34.3 Å². The number of hydrogen-bond acceptors (Lipinski definition) is 3. The average Bonchev–Trinajstić information content (AvgIpc) is 2.92. The second-order valence-corrected chi connectivity index (χ2v) is 6.46. The van der Waals surface area contributed by atoms with Crippen molar-refractivity contribution in [3.8, 4) is 0 Å². The van der Waals surface area contributed by atoms with Crippen LogP contribution in [-0.4, -0.2) is 30.9 Å². The molecule has 1 amide bonds. The Balaban J connectivity index is 1.59. The van der Waals surface area contributed by atoms with E-state index in [-0.39, 0.29) is 12.0 Å². The fraction of sp³-hybridized carbons (Fsp3) is 0.500. The number of carbonyl (C=O) groups excluding carboxylic acids is 1. The highest BCUT2D eigenvalue weighted by Crippen LogP contribution is 2.16. The maximum Gasteiger partial charge on any atom is 0.230 e. The van der Waals surface area contributed by atoms with Crippen LogP contribution in [0.25, 0.3) is 0 Å². The minimum absolute atomic E-state index is 0.0950. The summed E-state index contributed by atoms with van der Waals surface area (Å²) in [5.41, 5.74) is 1.24. The van der Waals surface area contributed by atoms with Gasteiger partial charge in [-0.15, -0.1) is 11.8 Å². The summed E-state index contributed by atoms with van der Waals surface area (Å²) in [4.78, 5) is 11.6. The predicted octanol–water partition coefficient (Wildman–Crippen LogP) is 2.98. The van der Waals surface area contributed by atoms with Crippen LogP contribution >= 0.6 is 27.7 Å². The molecule has 2 rings (SSSR count). The minimum Gasteiger partial charge on any atom is -0.376 e. The summed E-state index contributed by atoms with van der Waals surface area (Å²) in [6.07, 6.45) is 2.39. The lowest BCUT2D eigenvalue weighted by atomic mass is 10.2. The summed E-state index contributed by atoms with van der Waals surface area (Å²) in [6, 6.07) is 8.18. The van der Waals surface area contributed by atoms with E-state index in [1.807, 2.05) is 12.1 Å². The minimum atomic E-state index is 0.0950. The Hall–Kier alpha value is -0.520. The van der Waals surface area contributed by atoms with Crippen LogP contribution in [0.1, 0.15) is 18.4 Å². The monoisotopic (exact) mass is 343 g/mol. The number of hydrogen-bond donors (Lipinski definition) is 1. The molecule has 0 aliphatic carbocycles. The summed E-state index contributed by atoms with van der Waals surface area (Å²) < 4.78 is 6.54. The summed E-state index contributed by atoms with van der Waals surface area (Å²) in [5.74, 6) is 1.46. The molecule has 0 saturated carbocycles. The molecule has 0 aromatic heterocycles. The maximum absolute atomic E-state index is 11.6. The number of ether oxygens (including phenoxy) is 1. The highest BCUT2D eigenvalue weighted by Gasteiger charge is 2.15. The van der Waals surface area contributed by atoms with Gasteiger partial charge in [0.2, 0.25) is 5.91 Å². The van der Waals surface area contributed by atoms with Gasteiger partial charge in [-0.2, -0.15) is 0 Å². The molecule has 1 aliphatic rings. The Labute approximate surface area is 126 Å². The summed E-state index contributed by atoms with van der Waals surface area (Å²) in [7, 11) is 0. The van der Waals surface area contributed by atoms with Crippen LogP contribution in [0.4, 0.5) is 0 Å². The smallest absolute Gasteiger partial charge is 0.230 e. The number of rotatable bonds is 6. The quantitative estimate of drug-likeness (QED) is 0.862. The van der Waals surface area contributed by atoms with Gasteiger partial charge in [-0.3, -0.25) is 4.79 Å². The molecule has 3 nitrogen and oxygen atoms in total. The Bertz CT molecular complexity index is 404. The molecular formula is C14H18BrNO2S. The first kappa shape index (κ1) is 14.9. The van der Waals surface area contributed by atoms with E-state index in [0.717, 1.165) is 29.7 Å². The van der Waals surface area contributed by atoms with Gasteiger partial charge in [-0.1, -0.05) is 28.1 Å². The zero-order valence-corrected chi connectivity index (χ0v) is 13.1. The predicted molar refractivity (Wildman–Crippen MR) is 82.3 cm³/mol. The van der Waals surface area contributed by atoms with Crippen molar-refractivity contribution in [2.45, 2.75) is 24.7 Å². The normalized spacial score (nSPS) is 18.5. The number of halogens is 1. The van der Waals surface area contributed by atoms with E-state index in [1.54, 1.807) is 11.8 Å². The van der Waals surface area contributed by atoms with E-state index in [1.165, 1.54) is 5.56 Å². The molecule has 0 bridgehead atoms. The lowest BCUT2D eigenvalue weighted by Gasteiger charge is -2.10. The van der Waals surface area contributed by atoms with Crippen LogP contribution in [0.3, 0.4) is 0 Å². The SMILES string of the molecule is O=C(CSCc1ccc(Br)cc1)NC[C@@H]1CCCO1. The van der Waals surface area contributed by atoms with Crippen molar-refractivity contribution in [2.75, 3.05) is 18.9 Å². The van der Waals surface area contributed by atoms with Crippen LogP contribution in [0.2, 0.25) is 0 Å². The Morgan fingerprint density at radius 3 is 2.89 bits per heavy atom. The van der Waals surface area contributed by atoms with Gasteiger partial charge in [0.25, 0.3) is 0 Å². The topological polar surface area (TPSA) is 38.3 Å². The molecule has 1 N–H and O–H groups in total. The van der Waals surface area contributed by atoms with E-state index in [2.05, 4.69) is 33.4 Å². The third-order valence-corrected chi connectivity index (χ3v) is 4.50. The molecule has 1 aromatic carbocycles. The van der Waals surface area contributed by atoms with Gasteiger partial charge in [0.1, 0.15) is 0 Å². The van der Waals surface area contributed by atoms with Crippen molar-refractivity contribution in [2.24, 2.45) is 0 Å². The van der Waals surface area contributed by atoms with Gasteiger partial charge in [0, 0.05) is 23.4 Å². The average molecular weight is 344 g/mol. The van der Waals surface area contributed by atoms with Crippen LogP contribution in [0, 0.1) is 0 Å². The van der Waals surface area contributed by atoms with Gasteiger partial charge in [-0.05, 0) is 30.5 Å². The van der Waals surface area contributed by atoms with Crippen molar-refractivity contribution >= 4 is 33.6 Å². The molecule has 104 valence electrons. The van der Waals surface area contributed by atoms with Crippen molar-refractivity contribution in [1.82, 2.24) is 5.32 Å². The van der Waals surface area contributed by atoms with Crippen LogP contribution in [-0.2, 0) is 15.3 Å². The molecule has 0 spiro atoms. The van der Waals surface area contributed by atoms with E-state index in [0.29, 0.717) is 12.3 Å². The first-order chi connectivity index (χ1) is 9.24. The highest BCUT2D eigenvalue weighted by atomic mass is 79.9. The zero-order valence-electron chi connectivity index (χ0n) is 10.7. The molecule has 1 aromatic rings. The second-order valence-electron chi connectivity index (χ2n) is 4.56. The Morgan fingerprint density at radius 1 is 1.42 bits per heavy atom. The van der Waals surface area contributed by atoms with Crippen molar-refractivity contribution < 1.29 is 9.53 Å². The van der Waals surface area contributed by atoms with Gasteiger partial charge in [0.15, 0.2) is 0 Å². The molecule has 1 fully saturated rings. The summed E-state index contributed by atoms with van der Waals surface area (Å²) >= 11 is 5.04. The fourth-order valence-electron chi connectivity index (χ4n) is 1.93. The van der Waals surface area contributed by atoms with Gasteiger partial charge < -0.3 is 10.1 Å². The second kappa shape index (κ2) is 7.92. The number of benzene rings is 1. The van der Waals surface area contributed by atoms with E-state index in [9.17, 15) is 4.79 Å². The largest absolute Gasteiger partial charge is 0.376 e. The molecule has 1 aliphatic heterocycles. The third-order valence-electron chi connectivity index (χ3n) is 2.97. The fourth-order valence-corrected chi connectivity index (χ4v) is 3.01. The van der Waals surface area contributed by atoms with Crippen molar-refractivity contribution in [3.63, 3.8) is 0 Å². The van der Waals surface area contributed by atoms with Gasteiger partial charge in [0.05, 0.1) is 11.9 Å². The Kier molecular flexibility index (Phi) is 6.20. The Morgan fingerprint density at radius 2 is 2.21 bits per heavy atom. The molecule has 1 heterocycles. The zero-order chi connectivity index (χ0) is 13.5. The van der Waals surface area contributed by atoms with Gasteiger partial charge >= 0.3 is 0 Å². The molecule has 0 unspecified atom stereocenters. The first-order valence-corrected chi connectivity index (χ1v) is 8.39. The van der Waals surface area contributed by atoms with Crippen LogP contribution in [0.15, 0.2) is 28.7 Å². The lowest BCUT2D eigenvalue weighted by Crippen LogP contribution is -2.32. The highest BCUT2D eigenvalue weighted by molar-refractivity contribution is 9.10. The van der Waals surface area contributed by atoms with E-state index in [4.69, 9.17) is 4.74 Å². The third kappa shape index (κ3) is 5.55. The number of nitrogens with one attached hydrogen (secondary N) is 1. The standard InChI is InChI=1S/C14H18BrNO2S/c15-12-5-3-11(4-6-12)9-19-10-14(17)16-8-13-2-1-7-18-13/h3-6,13H,1-2,7-10H2,(H,16,17)/t13-/m0/s1. The summed E-state index contributed by atoms with van der Waals surface area (Å²) in [5, 5.41) is 2.93. The number of amides is 1. The summed E-state index contributed by atoms with van der Waals surface area (Å²) in [6.45, 7) is 1.48. The molecule has 1 saturated heterocycles. The van der Waals surface area contributed by atoms with Crippen LogP contribution < -0.4 is 5.32 Å².